The molecule has 0 heterocycles. The average Bonchev–Trinajstić information content (AvgIpc) is 2.38. The number of hydrogen-bond acceptors (Lipinski definition) is 3. The molecule has 21 heavy (non-hydrogen) atoms. The van der Waals surface area contributed by atoms with Crippen LogP contribution in [0.5, 0.6) is 5.75 Å². The van der Waals surface area contributed by atoms with Crippen molar-refractivity contribution in [3.05, 3.63) is 65.0 Å². The minimum absolute atomic E-state index is 0.0981. The molecule has 3 N–H and O–H groups in total. The van der Waals surface area contributed by atoms with Crippen LogP contribution < -0.4 is 16.0 Å². The van der Waals surface area contributed by atoms with Gasteiger partial charge in [0.1, 0.15) is 11.6 Å². The monoisotopic (exact) mass is 288 g/mol. The topological polar surface area (TPSA) is 47.3 Å². The summed E-state index contributed by atoms with van der Waals surface area (Å²) in [6.07, 6.45) is 0.0981. The quantitative estimate of drug-likeness (QED) is 0.654. The maximum absolute atomic E-state index is 13.6. The highest BCUT2D eigenvalue weighted by molar-refractivity contribution is 5.38. The number of nitrogens with one attached hydrogen (secondary N) is 1. The summed E-state index contributed by atoms with van der Waals surface area (Å²) >= 11 is 0. The summed E-state index contributed by atoms with van der Waals surface area (Å²) in [6, 6.07) is 12.3. The van der Waals surface area contributed by atoms with Gasteiger partial charge in [0.15, 0.2) is 0 Å². The second-order valence-electron chi connectivity index (χ2n) is 5.40. The predicted molar refractivity (Wildman–Crippen MR) is 82.5 cm³/mol. The molecule has 2 aromatic carbocycles. The standard InChI is InChI=1S/C17H21FN2O/c1-11(2)21-16-6-4-5-13(10-16)17(20-19)14-7-12(3)8-15(18)9-14/h4-11,17,20H,19H2,1-3H3. The van der Waals surface area contributed by atoms with Crippen LogP contribution in [0.25, 0.3) is 0 Å². The number of nitrogens with two attached hydrogens (primary N) is 1. The van der Waals surface area contributed by atoms with E-state index in [0.717, 1.165) is 22.4 Å². The average molecular weight is 288 g/mol. The zero-order valence-electron chi connectivity index (χ0n) is 12.6. The molecule has 0 aliphatic carbocycles. The van der Waals surface area contributed by atoms with Crippen molar-refractivity contribution in [2.75, 3.05) is 0 Å². The first-order chi connectivity index (χ1) is 9.99. The van der Waals surface area contributed by atoms with Crippen molar-refractivity contribution in [2.24, 2.45) is 5.84 Å². The van der Waals surface area contributed by atoms with Crippen LogP contribution in [0.4, 0.5) is 4.39 Å². The lowest BCUT2D eigenvalue weighted by Crippen LogP contribution is -2.29. The van der Waals surface area contributed by atoms with Crippen LogP contribution in [0.2, 0.25) is 0 Å². The Bertz CT molecular complexity index is 593. The Morgan fingerprint density at radius 1 is 1.10 bits per heavy atom. The Hall–Kier alpha value is -1.91. The van der Waals surface area contributed by atoms with Crippen molar-refractivity contribution in [1.82, 2.24) is 5.43 Å². The van der Waals surface area contributed by atoms with Crippen LogP contribution >= 0.6 is 0 Å². The summed E-state index contributed by atoms with van der Waals surface area (Å²) in [4.78, 5) is 0. The molecule has 0 spiro atoms. The number of halogens is 1. The number of benzene rings is 2. The molecule has 0 radical (unpaired) electrons. The highest BCUT2D eigenvalue weighted by Crippen LogP contribution is 2.26. The smallest absolute Gasteiger partial charge is 0.123 e. The third-order valence-corrected chi connectivity index (χ3v) is 3.13. The van der Waals surface area contributed by atoms with Crippen LogP contribution in [0, 0.1) is 12.7 Å². The largest absolute Gasteiger partial charge is 0.491 e. The first-order valence-corrected chi connectivity index (χ1v) is 6.99. The van der Waals surface area contributed by atoms with Crippen LogP contribution in [-0.4, -0.2) is 6.10 Å². The summed E-state index contributed by atoms with van der Waals surface area (Å²) < 4.78 is 19.3. The van der Waals surface area contributed by atoms with E-state index in [4.69, 9.17) is 10.6 Å². The zero-order valence-corrected chi connectivity index (χ0v) is 12.6. The molecule has 0 saturated heterocycles. The van der Waals surface area contributed by atoms with Crippen molar-refractivity contribution in [1.29, 1.82) is 0 Å². The predicted octanol–water partition coefficient (Wildman–Crippen LogP) is 3.47. The molecular weight excluding hydrogens is 267 g/mol. The lowest BCUT2D eigenvalue weighted by molar-refractivity contribution is 0.242. The van der Waals surface area contributed by atoms with Crippen molar-refractivity contribution in [3.63, 3.8) is 0 Å². The lowest BCUT2D eigenvalue weighted by atomic mass is 9.97. The molecule has 0 aromatic heterocycles. The Kier molecular flexibility index (Phi) is 4.94. The SMILES string of the molecule is Cc1cc(F)cc(C(NN)c2cccc(OC(C)C)c2)c1. The highest BCUT2D eigenvalue weighted by Gasteiger charge is 2.14. The Labute approximate surface area is 124 Å². The van der Waals surface area contributed by atoms with Crippen molar-refractivity contribution >= 4 is 0 Å². The fraction of sp³-hybridized carbons (Fsp3) is 0.294. The van der Waals surface area contributed by atoms with Gasteiger partial charge in [0.05, 0.1) is 12.1 Å². The fourth-order valence-corrected chi connectivity index (χ4v) is 2.36. The van der Waals surface area contributed by atoms with E-state index in [0.29, 0.717) is 0 Å². The summed E-state index contributed by atoms with van der Waals surface area (Å²) in [7, 11) is 0. The maximum Gasteiger partial charge on any atom is 0.123 e. The highest BCUT2D eigenvalue weighted by atomic mass is 19.1. The second-order valence-corrected chi connectivity index (χ2v) is 5.40. The molecule has 0 amide bonds. The van der Waals surface area contributed by atoms with Gasteiger partial charge in [-0.05, 0) is 61.7 Å². The number of hydrogen-bond donors (Lipinski definition) is 2. The molecule has 0 saturated carbocycles. The van der Waals surface area contributed by atoms with Crippen LogP contribution in [0.3, 0.4) is 0 Å². The third-order valence-electron chi connectivity index (χ3n) is 3.13. The molecule has 1 atom stereocenters. The van der Waals surface area contributed by atoms with Gasteiger partial charge in [-0.15, -0.1) is 0 Å². The number of rotatable bonds is 5. The number of ether oxygens (including phenoxy) is 1. The number of hydrazine groups is 1. The Balaban J connectivity index is 2.36. The first kappa shape index (κ1) is 15.5. The van der Waals surface area contributed by atoms with E-state index in [1.54, 1.807) is 0 Å². The summed E-state index contributed by atoms with van der Waals surface area (Å²) in [5.41, 5.74) is 5.33. The second kappa shape index (κ2) is 6.70. The van der Waals surface area contributed by atoms with E-state index < -0.39 is 0 Å². The molecule has 0 aliphatic heterocycles. The summed E-state index contributed by atoms with van der Waals surface area (Å²) in [5, 5.41) is 0. The Morgan fingerprint density at radius 2 is 1.86 bits per heavy atom. The van der Waals surface area contributed by atoms with Gasteiger partial charge in [-0.2, -0.15) is 0 Å². The minimum Gasteiger partial charge on any atom is -0.491 e. The normalized spacial score (nSPS) is 12.5. The van der Waals surface area contributed by atoms with Gasteiger partial charge in [0.25, 0.3) is 0 Å². The lowest BCUT2D eigenvalue weighted by Gasteiger charge is -2.19. The van der Waals surface area contributed by atoms with Gasteiger partial charge >= 0.3 is 0 Å². The molecule has 1 unspecified atom stereocenters. The van der Waals surface area contributed by atoms with Crippen molar-refractivity contribution in [2.45, 2.75) is 32.9 Å². The summed E-state index contributed by atoms with van der Waals surface area (Å²) in [6.45, 7) is 5.81. The maximum atomic E-state index is 13.6. The van der Waals surface area contributed by atoms with E-state index in [1.807, 2.05) is 51.1 Å². The molecule has 112 valence electrons. The fourth-order valence-electron chi connectivity index (χ4n) is 2.36. The van der Waals surface area contributed by atoms with Crippen LogP contribution in [0.1, 0.15) is 36.6 Å². The van der Waals surface area contributed by atoms with Gasteiger partial charge in [0, 0.05) is 0 Å². The Morgan fingerprint density at radius 3 is 2.48 bits per heavy atom. The molecule has 2 rings (SSSR count). The first-order valence-electron chi connectivity index (χ1n) is 6.99. The number of aryl methyl sites for hydroxylation is 1. The molecule has 0 bridgehead atoms. The zero-order chi connectivity index (χ0) is 15.4. The van der Waals surface area contributed by atoms with E-state index in [1.165, 1.54) is 12.1 Å². The summed E-state index contributed by atoms with van der Waals surface area (Å²) in [5.74, 6) is 6.18. The van der Waals surface area contributed by atoms with E-state index >= 15 is 0 Å². The third kappa shape index (κ3) is 4.03. The molecule has 0 fully saturated rings. The molecule has 2 aromatic rings. The van der Waals surface area contributed by atoms with E-state index in [2.05, 4.69) is 5.43 Å². The van der Waals surface area contributed by atoms with Crippen LogP contribution in [0.15, 0.2) is 42.5 Å². The van der Waals surface area contributed by atoms with Gasteiger partial charge in [0.2, 0.25) is 0 Å². The molecule has 3 nitrogen and oxygen atoms in total. The molecule has 0 aliphatic rings. The van der Waals surface area contributed by atoms with E-state index in [-0.39, 0.29) is 18.0 Å². The molecule has 4 heteroatoms. The van der Waals surface area contributed by atoms with Gasteiger partial charge in [-0.3, -0.25) is 5.84 Å². The minimum atomic E-state index is -0.282. The van der Waals surface area contributed by atoms with Crippen molar-refractivity contribution in [3.8, 4) is 5.75 Å². The van der Waals surface area contributed by atoms with Gasteiger partial charge in [-0.1, -0.05) is 18.2 Å². The van der Waals surface area contributed by atoms with Gasteiger partial charge < -0.3 is 4.74 Å². The molecular formula is C17H21FN2O. The van der Waals surface area contributed by atoms with Crippen LogP contribution in [-0.2, 0) is 0 Å². The van der Waals surface area contributed by atoms with Gasteiger partial charge in [-0.25, -0.2) is 9.82 Å². The van der Waals surface area contributed by atoms with E-state index in [9.17, 15) is 4.39 Å². The van der Waals surface area contributed by atoms with Crippen molar-refractivity contribution < 1.29 is 9.13 Å².